The van der Waals surface area contributed by atoms with Crippen molar-refractivity contribution >= 4 is 5.97 Å². The lowest BCUT2D eigenvalue weighted by Crippen LogP contribution is -1.97. The monoisotopic (exact) mass is 262 g/mol. The van der Waals surface area contributed by atoms with Crippen molar-refractivity contribution in [3.8, 4) is 22.6 Å². The van der Waals surface area contributed by atoms with E-state index in [4.69, 9.17) is 9.84 Å². The summed E-state index contributed by atoms with van der Waals surface area (Å²) in [5.41, 5.74) is 0.849. The predicted octanol–water partition coefficient (Wildman–Crippen LogP) is 2.91. The Morgan fingerprint density at radius 1 is 1.21 bits per heavy atom. The van der Waals surface area contributed by atoms with Gasteiger partial charge in [0.25, 0.3) is 0 Å². The molecule has 0 fully saturated rings. The lowest BCUT2D eigenvalue weighted by atomic mass is 10.0. The van der Waals surface area contributed by atoms with Crippen LogP contribution in [0.1, 0.15) is 10.4 Å². The van der Waals surface area contributed by atoms with Crippen molar-refractivity contribution in [1.82, 2.24) is 0 Å². The highest BCUT2D eigenvalue weighted by molar-refractivity contribution is 5.92. The molecular weight excluding hydrogens is 251 g/mol. The number of carboxylic acid groups (broad SMARTS) is 1. The van der Waals surface area contributed by atoms with Crippen LogP contribution in [-0.4, -0.2) is 23.3 Å². The first kappa shape index (κ1) is 12.9. The molecule has 0 radical (unpaired) electrons. The summed E-state index contributed by atoms with van der Waals surface area (Å²) in [7, 11) is 1.40. The summed E-state index contributed by atoms with van der Waals surface area (Å²) in [4.78, 5) is 11.0. The first-order valence-corrected chi connectivity index (χ1v) is 5.43. The van der Waals surface area contributed by atoms with Crippen LogP contribution in [0.5, 0.6) is 11.5 Å². The summed E-state index contributed by atoms with van der Waals surface area (Å²) in [5.74, 6) is -1.71. The molecule has 0 aliphatic carbocycles. The molecule has 0 unspecified atom stereocenters. The third-order valence-corrected chi connectivity index (χ3v) is 2.70. The number of benzene rings is 2. The molecule has 4 nitrogen and oxygen atoms in total. The summed E-state index contributed by atoms with van der Waals surface area (Å²) in [6.45, 7) is 0. The molecule has 2 rings (SSSR count). The molecule has 19 heavy (non-hydrogen) atoms. The van der Waals surface area contributed by atoms with E-state index in [1.165, 1.54) is 43.5 Å². The SMILES string of the molecule is COc1cc(F)ccc1-c1ccc(O)c(C(=O)O)c1. The minimum atomic E-state index is -1.24. The van der Waals surface area contributed by atoms with E-state index >= 15 is 0 Å². The molecule has 0 saturated heterocycles. The Balaban J connectivity index is 2.59. The Bertz CT molecular complexity index is 637. The van der Waals surface area contributed by atoms with Crippen molar-refractivity contribution in [2.45, 2.75) is 0 Å². The van der Waals surface area contributed by atoms with Gasteiger partial charge in [0.15, 0.2) is 0 Å². The van der Waals surface area contributed by atoms with E-state index in [2.05, 4.69) is 0 Å². The van der Waals surface area contributed by atoms with E-state index in [1.807, 2.05) is 0 Å². The Labute approximate surface area is 108 Å². The number of carboxylic acids is 1. The summed E-state index contributed by atoms with van der Waals surface area (Å²) in [6.07, 6.45) is 0. The van der Waals surface area contributed by atoms with E-state index in [-0.39, 0.29) is 11.3 Å². The van der Waals surface area contributed by atoms with E-state index in [0.717, 1.165) is 0 Å². The summed E-state index contributed by atoms with van der Waals surface area (Å²) in [5, 5.41) is 18.4. The molecule has 0 aliphatic heterocycles. The zero-order valence-electron chi connectivity index (χ0n) is 10.1. The zero-order valence-corrected chi connectivity index (χ0v) is 10.1. The van der Waals surface area contributed by atoms with Crippen LogP contribution >= 0.6 is 0 Å². The number of rotatable bonds is 3. The fourth-order valence-electron chi connectivity index (χ4n) is 1.78. The number of methoxy groups -OCH3 is 1. The van der Waals surface area contributed by atoms with Crippen molar-refractivity contribution in [2.24, 2.45) is 0 Å². The fourth-order valence-corrected chi connectivity index (χ4v) is 1.78. The van der Waals surface area contributed by atoms with Gasteiger partial charge >= 0.3 is 5.97 Å². The molecule has 0 saturated carbocycles. The second-order valence-electron chi connectivity index (χ2n) is 3.88. The van der Waals surface area contributed by atoms with E-state index < -0.39 is 11.8 Å². The first-order chi connectivity index (χ1) is 9.02. The van der Waals surface area contributed by atoms with Crippen LogP contribution in [0.15, 0.2) is 36.4 Å². The number of aromatic carboxylic acids is 1. The number of aromatic hydroxyl groups is 1. The molecule has 0 amide bonds. The van der Waals surface area contributed by atoms with Crippen molar-refractivity contribution < 1.29 is 24.1 Å². The maximum absolute atomic E-state index is 13.1. The Morgan fingerprint density at radius 3 is 2.58 bits per heavy atom. The van der Waals surface area contributed by atoms with Crippen molar-refractivity contribution in [2.75, 3.05) is 7.11 Å². The predicted molar refractivity (Wildman–Crippen MR) is 67.0 cm³/mol. The highest BCUT2D eigenvalue weighted by atomic mass is 19.1. The molecule has 0 aliphatic rings. The van der Waals surface area contributed by atoms with E-state index in [9.17, 15) is 14.3 Å². The first-order valence-electron chi connectivity index (χ1n) is 5.43. The molecule has 98 valence electrons. The average Bonchev–Trinajstić information content (AvgIpc) is 2.39. The van der Waals surface area contributed by atoms with E-state index in [1.54, 1.807) is 0 Å². The fraction of sp³-hybridized carbons (Fsp3) is 0.0714. The second-order valence-corrected chi connectivity index (χ2v) is 3.88. The average molecular weight is 262 g/mol. The Hall–Kier alpha value is -2.56. The smallest absolute Gasteiger partial charge is 0.339 e. The van der Waals surface area contributed by atoms with Gasteiger partial charge in [0, 0.05) is 11.6 Å². The number of hydrogen-bond donors (Lipinski definition) is 2. The van der Waals surface area contributed by atoms with Crippen molar-refractivity contribution in [3.05, 3.63) is 47.8 Å². The lowest BCUT2D eigenvalue weighted by molar-refractivity contribution is 0.0694. The topological polar surface area (TPSA) is 66.8 Å². The van der Waals surface area contributed by atoms with Gasteiger partial charge in [-0.2, -0.15) is 0 Å². The summed E-state index contributed by atoms with van der Waals surface area (Å²) in [6, 6.07) is 8.09. The second kappa shape index (κ2) is 4.97. The number of phenols is 1. The zero-order chi connectivity index (χ0) is 14.0. The van der Waals surface area contributed by atoms with Gasteiger partial charge in [-0.1, -0.05) is 6.07 Å². The van der Waals surface area contributed by atoms with Crippen LogP contribution in [-0.2, 0) is 0 Å². The quantitative estimate of drug-likeness (QED) is 0.892. The molecule has 0 aromatic heterocycles. The van der Waals surface area contributed by atoms with Crippen LogP contribution in [0.25, 0.3) is 11.1 Å². The van der Waals surface area contributed by atoms with Gasteiger partial charge in [0.2, 0.25) is 0 Å². The van der Waals surface area contributed by atoms with Gasteiger partial charge in [-0.25, -0.2) is 9.18 Å². The lowest BCUT2D eigenvalue weighted by Gasteiger charge is -2.10. The summed E-state index contributed by atoms with van der Waals surface area (Å²) < 4.78 is 18.2. The summed E-state index contributed by atoms with van der Waals surface area (Å²) >= 11 is 0. The van der Waals surface area contributed by atoms with Gasteiger partial charge in [-0.15, -0.1) is 0 Å². The highest BCUT2D eigenvalue weighted by Gasteiger charge is 2.13. The normalized spacial score (nSPS) is 10.2. The molecule has 5 heteroatoms. The van der Waals surface area contributed by atoms with Crippen molar-refractivity contribution in [1.29, 1.82) is 0 Å². The molecule has 2 N–H and O–H groups in total. The maximum Gasteiger partial charge on any atom is 0.339 e. The van der Waals surface area contributed by atoms with Gasteiger partial charge < -0.3 is 14.9 Å². The number of halogens is 1. The van der Waals surface area contributed by atoms with Gasteiger partial charge in [0.05, 0.1) is 7.11 Å². The number of hydrogen-bond acceptors (Lipinski definition) is 3. The third-order valence-electron chi connectivity index (χ3n) is 2.70. The molecule has 0 bridgehead atoms. The number of ether oxygens (including phenoxy) is 1. The molecular formula is C14H11FO4. The standard InChI is InChI=1S/C14H11FO4/c1-19-13-7-9(15)3-4-10(13)8-2-5-12(16)11(6-8)14(17)18/h2-7,16H,1H3,(H,17,18). The van der Waals surface area contributed by atoms with Crippen LogP contribution in [0, 0.1) is 5.82 Å². The largest absolute Gasteiger partial charge is 0.507 e. The van der Waals surface area contributed by atoms with Gasteiger partial charge in [0.1, 0.15) is 22.9 Å². The van der Waals surface area contributed by atoms with Crippen molar-refractivity contribution in [3.63, 3.8) is 0 Å². The van der Waals surface area contributed by atoms with Gasteiger partial charge in [-0.3, -0.25) is 0 Å². The van der Waals surface area contributed by atoms with Gasteiger partial charge in [-0.05, 0) is 29.8 Å². The maximum atomic E-state index is 13.1. The van der Waals surface area contributed by atoms with Crippen LogP contribution < -0.4 is 4.74 Å². The minimum Gasteiger partial charge on any atom is -0.507 e. The Morgan fingerprint density at radius 2 is 1.95 bits per heavy atom. The highest BCUT2D eigenvalue weighted by Crippen LogP contribution is 2.33. The van der Waals surface area contributed by atoms with Crippen LogP contribution in [0.3, 0.4) is 0 Å². The van der Waals surface area contributed by atoms with E-state index in [0.29, 0.717) is 16.9 Å². The third kappa shape index (κ3) is 2.49. The molecule has 2 aromatic rings. The number of carbonyl (C=O) groups is 1. The molecule has 0 heterocycles. The minimum absolute atomic E-state index is 0.219. The molecule has 0 spiro atoms. The molecule has 0 atom stereocenters. The van der Waals surface area contributed by atoms with Crippen LogP contribution in [0.2, 0.25) is 0 Å². The van der Waals surface area contributed by atoms with Crippen LogP contribution in [0.4, 0.5) is 4.39 Å². The Kier molecular flexibility index (Phi) is 3.37. The molecule has 2 aromatic carbocycles.